The number of para-hydroxylation sites is 1. The maximum absolute atomic E-state index is 5.77. The summed E-state index contributed by atoms with van der Waals surface area (Å²) in [5, 5.41) is 11.4. The van der Waals surface area contributed by atoms with Gasteiger partial charge in [0.15, 0.2) is 5.82 Å². The van der Waals surface area contributed by atoms with Crippen molar-refractivity contribution in [1.29, 1.82) is 0 Å². The van der Waals surface area contributed by atoms with Crippen LogP contribution in [0.3, 0.4) is 0 Å². The topological polar surface area (TPSA) is 73.7 Å². The van der Waals surface area contributed by atoms with Crippen LogP contribution in [-0.2, 0) is 6.61 Å². The fourth-order valence-electron chi connectivity index (χ4n) is 2.37. The molecule has 3 rings (SSSR count). The van der Waals surface area contributed by atoms with Gasteiger partial charge in [0.05, 0.1) is 19.9 Å². The molecule has 2 aromatic carbocycles. The van der Waals surface area contributed by atoms with Crippen molar-refractivity contribution in [2.45, 2.75) is 13.5 Å². The third kappa shape index (κ3) is 4.73. The van der Waals surface area contributed by atoms with Gasteiger partial charge in [-0.15, -0.1) is 0 Å². The van der Waals surface area contributed by atoms with E-state index in [4.69, 9.17) is 26.4 Å². The Labute approximate surface area is 162 Å². The smallest absolute Gasteiger partial charge is 0.216 e. The summed E-state index contributed by atoms with van der Waals surface area (Å²) < 4.78 is 18.5. The van der Waals surface area contributed by atoms with Gasteiger partial charge in [0, 0.05) is 11.6 Å². The first-order valence-electron chi connectivity index (χ1n) is 8.40. The number of ether oxygens (including phenoxy) is 3. The van der Waals surface area contributed by atoms with Gasteiger partial charge in [0.25, 0.3) is 0 Å². The van der Waals surface area contributed by atoms with Gasteiger partial charge in [-0.25, -0.2) is 5.10 Å². The van der Waals surface area contributed by atoms with E-state index in [0.717, 1.165) is 17.1 Å². The van der Waals surface area contributed by atoms with Gasteiger partial charge >= 0.3 is 0 Å². The zero-order valence-electron chi connectivity index (χ0n) is 15.1. The molecule has 0 bridgehead atoms. The van der Waals surface area contributed by atoms with Gasteiger partial charge in [-0.05, 0) is 43.4 Å². The summed E-state index contributed by atoms with van der Waals surface area (Å²) in [6, 6.07) is 15.0. The Kier molecular flexibility index (Phi) is 6.22. The Morgan fingerprint density at radius 2 is 1.96 bits per heavy atom. The molecule has 0 saturated carbocycles. The van der Waals surface area contributed by atoms with Gasteiger partial charge in [0.2, 0.25) is 4.77 Å². The van der Waals surface area contributed by atoms with E-state index in [-0.39, 0.29) is 6.61 Å². The van der Waals surface area contributed by atoms with E-state index in [2.05, 4.69) is 15.3 Å². The first-order valence-corrected chi connectivity index (χ1v) is 8.81. The van der Waals surface area contributed by atoms with Crippen molar-refractivity contribution in [2.24, 2.45) is 5.10 Å². The summed E-state index contributed by atoms with van der Waals surface area (Å²) in [5.74, 6) is 2.69. The highest BCUT2D eigenvalue weighted by molar-refractivity contribution is 7.71. The Bertz CT molecular complexity index is 981. The molecule has 1 N–H and O–H groups in total. The van der Waals surface area contributed by atoms with Crippen LogP contribution in [0.25, 0.3) is 0 Å². The SMILES string of the molecule is CCOc1ccccc1/C=N\n1c(COc2cccc(OC)c2)n[nH]c1=S. The molecule has 140 valence electrons. The minimum Gasteiger partial charge on any atom is -0.497 e. The first kappa shape index (κ1) is 18.7. The van der Waals surface area contributed by atoms with E-state index in [0.29, 0.717) is 23.0 Å². The number of nitrogens with zero attached hydrogens (tertiary/aromatic N) is 3. The Balaban J connectivity index is 1.78. The quantitative estimate of drug-likeness (QED) is 0.472. The molecule has 27 heavy (non-hydrogen) atoms. The lowest BCUT2D eigenvalue weighted by Gasteiger charge is -2.08. The average Bonchev–Trinajstić information content (AvgIpc) is 3.05. The van der Waals surface area contributed by atoms with Gasteiger partial charge in [0.1, 0.15) is 23.9 Å². The number of aromatic amines is 1. The highest BCUT2D eigenvalue weighted by Gasteiger charge is 2.07. The predicted molar refractivity (Wildman–Crippen MR) is 105 cm³/mol. The van der Waals surface area contributed by atoms with Crippen molar-refractivity contribution >= 4 is 18.4 Å². The molecule has 8 heteroatoms. The van der Waals surface area contributed by atoms with Crippen LogP contribution in [0, 0.1) is 4.77 Å². The number of H-pyrrole nitrogens is 1. The van der Waals surface area contributed by atoms with Crippen molar-refractivity contribution in [2.75, 3.05) is 13.7 Å². The van der Waals surface area contributed by atoms with E-state index in [9.17, 15) is 0 Å². The van der Waals surface area contributed by atoms with E-state index >= 15 is 0 Å². The van der Waals surface area contributed by atoms with E-state index in [1.807, 2.05) is 49.4 Å². The molecule has 7 nitrogen and oxygen atoms in total. The predicted octanol–water partition coefficient (Wildman–Crippen LogP) is 3.81. The fraction of sp³-hybridized carbons (Fsp3) is 0.211. The summed E-state index contributed by atoms with van der Waals surface area (Å²) in [7, 11) is 1.61. The molecule has 0 saturated heterocycles. The summed E-state index contributed by atoms with van der Waals surface area (Å²) in [6.07, 6.45) is 1.69. The molecule has 0 spiro atoms. The van der Waals surface area contributed by atoms with Gasteiger partial charge in [-0.3, -0.25) is 0 Å². The monoisotopic (exact) mass is 384 g/mol. The van der Waals surface area contributed by atoms with Crippen LogP contribution in [0.4, 0.5) is 0 Å². The Morgan fingerprint density at radius 3 is 2.78 bits per heavy atom. The van der Waals surface area contributed by atoms with Crippen LogP contribution in [-0.4, -0.2) is 34.8 Å². The van der Waals surface area contributed by atoms with Crippen LogP contribution >= 0.6 is 12.2 Å². The highest BCUT2D eigenvalue weighted by Crippen LogP contribution is 2.20. The maximum Gasteiger partial charge on any atom is 0.216 e. The zero-order chi connectivity index (χ0) is 19.1. The molecule has 1 heterocycles. The van der Waals surface area contributed by atoms with Crippen LogP contribution in [0.2, 0.25) is 0 Å². The zero-order valence-corrected chi connectivity index (χ0v) is 15.9. The summed E-state index contributed by atoms with van der Waals surface area (Å²) in [5.41, 5.74) is 0.849. The summed E-state index contributed by atoms with van der Waals surface area (Å²) >= 11 is 5.27. The molecule has 0 fully saturated rings. The number of rotatable bonds is 8. The highest BCUT2D eigenvalue weighted by atomic mass is 32.1. The number of hydrogen-bond donors (Lipinski definition) is 1. The minimum atomic E-state index is 0.199. The molecule has 0 atom stereocenters. The van der Waals surface area contributed by atoms with Crippen molar-refractivity contribution in [1.82, 2.24) is 14.9 Å². The summed E-state index contributed by atoms with van der Waals surface area (Å²) in [6.45, 7) is 2.72. The molecule has 0 aliphatic rings. The molecule has 0 aliphatic heterocycles. The molecule has 0 radical (unpaired) electrons. The maximum atomic E-state index is 5.77. The van der Waals surface area contributed by atoms with Gasteiger partial charge in [-0.1, -0.05) is 18.2 Å². The van der Waals surface area contributed by atoms with Crippen molar-refractivity contribution in [3.8, 4) is 17.2 Å². The Morgan fingerprint density at radius 1 is 1.15 bits per heavy atom. The molecule has 0 aliphatic carbocycles. The van der Waals surface area contributed by atoms with Crippen LogP contribution in [0.1, 0.15) is 18.3 Å². The molecule has 1 aromatic heterocycles. The number of nitrogens with one attached hydrogen (secondary N) is 1. The third-order valence-corrected chi connectivity index (χ3v) is 3.92. The standard InChI is InChI=1S/C19H20N4O3S/c1-3-25-17-10-5-4-7-14(17)12-20-23-18(21-22-19(23)27)13-26-16-9-6-8-15(11-16)24-2/h4-12H,3,13H2,1-2H3,(H,22,27)/b20-12-. The molecular weight excluding hydrogens is 364 g/mol. The van der Waals surface area contributed by atoms with Crippen molar-refractivity contribution in [3.05, 3.63) is 64.7 Å². The second kappa shape index (κ2) is 9.00. The first-order chi connectivity index (χ1) is 13.2. The lowest BCUT2D eigenvalue weighted by molar-refractivity contribution is 0.288. The second-order valence-corrected chi connectivity index (χ2v) is 5.83. The van der Waals surface area contributed by atoms with Crippen molar-refractivity contribution in [3.63, 3.8) is 0 Å². The lowest BCUT2D eigenvalue weighted by atomic mass is 10.2. The number of benzene rings is 2. The average molecular weight is 384 g/mol. The Hall–Kier alpha value is -3.13. The van der Waals surface area contributed by atoms with E-state index in [1.54, 1.807) is 19.4 Å². The van der Waals surface area contributed by atoms with E-state index < -0.39 is 0 Å². The van der Waals surface area contributed by atoms with Crippen LogP contribution in [0.5, 0.6) is 17.2 Å². The summed E-state index contributed by atoms with van der Waals surface area (Å²) in [4.78, 5) is 0. The lowest BCUT2D eigenvalue weighted by Crippen LogP contribution is -2.04. The number of aromatic nitrogens is 3. The largest absolute Gasteiger partial charge is 0.497 e. The van der Waals surface area contributed by atoms with Gasteiger partial charge in [-0.2, -0.15) is 14.9 Å². The second-order valence-electron chi connectivity index (χ2n) is 5.44. The minimum absolute atomic E-state index is 0.199. The van der Waals surface area contributed by atoms with Crippen LogP contribution in [0.15, 0.2) is 53.6 Å². The molecular formula is C19H20N4O3S. The molecule has 0 amide bonds. The third-order valence-electron chi connectivity index (χ3n) is 3.66. The number of methoxy groups -OCH3 is 1. The normalized spacial score (nSPS) is 10.9. The number of hydrogen-bond acceptors (Lipinski definition) is 6. The van der Waals surface area contributed by atoms with Crippen molar-refractivity contribution < 1.29 is 14.2 Å². The van der Waals surface area contributed by atoms with Gasteiger partial charge < -0.3 is 14.2 Å². The molecule has 0 unspecified atom stereocenters. The molecule has 3 aromatic rings. The van der Waals surface area contributed by atoms with E-state index in [1.165, 1.54) is 4.68 Å². The fourth-order valence-corrected chi connectivity index (χ4v) is 2.57. The van der Waals surface area contributed by atoms with Crippen LogP contribution < -0.4 is 14.2 Å².